The number of aromatic nitrogens is 2. The first-order chi connectivity index (χ1) is 14.1. The highest BCUT2D eigenvalue weighted by atomic mass is 16.6. The summed E-state index contributed by atoms with van der Waals surface area (Å²) in [5, 5.41) is 17.9. The lowest BCUT2D eigenvalue weighted by molar-refractivity contribution is -0.384. The molecule has 0 radical (unpaired) electrons. The van der Waals surface area contributed by atoms with Gasteiger partial charge in [0.05, 0.1) is 17.1 Å². The molecule has 0 atom stereocenters. The van der Waals surface area contributed by atoms with Crippen LogP contribution in [-0.4, -0.2) is 41.3 Å². The quantitative estimate of drug-likeness (QED) is 0.250. The van der Waals surface area contributed by atoms with E-state index in [1.807, 2.05) is 30.3 Å². The van der Waals surface area contributed by atoms with Gasteiger partial charge in [0, 0.05) is 37.0 Å². The van der Waals surface area contributed by atoms with Crippen LogP contribution in [-0.2, 0) is 16.1 Å². The number of nitro benzene ring substituents is 1. The summed E-state index contributed by atoms with van der Waals surface area (Å²) in [5.74, 6) is -0.279. The number of carbonyl (C=O) groups excluding carboxylic acids is 1. The molecule has 0 saturated carbocycles. The molecule has 2 aromatic carbocycles. The molecule has 0 amide bonds. The highest BCUT2D eigenvalue weighted by Gasteiger charge is 2.19. The van der Waals surface area contributed by atoms with Crippen molar-refractivity contribution < 1.29 is 23.7 Å². The van der Waals surface area contributed by atoms with Gasteiger partial charge in [-0.25, -0.2) is 4.79 Å². The Morgan fingerprint density at radius 3 is 2.76 bits per heavy atom. The van der Waals surface area contributed by atoms with E-state index < -0.39 is 10.9 Å². The number of hydrogen-bond donors (Lipinski definition) is 1. The third-order valence-corrected chi connectivity index (χ3v) is 3.88. The molecule has 0 aliphatic carbocycles. The van der Waals surface area contributed by atoms with E-state index in [-0.39, 0.29) is 23.7 Å². The lowest BCUT2D eigenvalue weighted by Gasteiger charge is -2.11. The third kappa shape index (κ3) is 5.14. The van der Waals surface area contributed by atoms with Crippen molar-refractivity contribution in [2.45, 2.75) is 6.61 Å². The van der Waals surface area contributed by atoms with Crippen LogP contribution in [0, 0.1) is 10.1 Å². The molecule has 0 saturated heterocycles. The van der Waals surface area contributed by atoms with E-state index in [1.54, 1.807) is 7.11 Å². The lowest BCUT2D eigenvalue weighted by Crippen LogP contribution is -2.13. The van der Waals surface area contributed by atoms with Crippen LogP contribution in [0.5, 0.6) is 0 Å². The van der Waals surface area contributed by atoms with Crippen molar-refractivity contribution >= 4 is 17.3 Å². The number of anilines is 1. The van der Waals surface area contributed by atoms with E-state index in [1.165, 1.54) is 12.1 Å². The molecule has 10 nitrogen and oxygen atoms in total. The lowest BCUT2D eigenvalue weighted by atomic mass is 10.1. The van der Waals surface area contributed by atoms with E-state index in [0.29, 0.717) is 24.7 Å². The molecule has 1 N–H and O–H groups in total. The Hall–Kier alpha value is -3.79. The fourth-order valence-electron chi connectivity index (χ4n) is 2.48. The first kappa shape index (κ1) is 20.0. The number of rotatable bonds is 9. The van der Waals surface area contributed by atoms with Gasteiger partial charge < -0.3 is 19.3 Å². The zero-order chi connectivity index (χ0) is 20.6. The number of carbonyl (C=O) groups is 1. The van der Waals surface area contributed by atoms with Gasteiger partial charge in [-0.05, 0) is 6.07 Å². The standard InChI is InChI=1S/C19H18N4O6/c1-27-10-9-20-16-8-7-14(23(25)26)11-15(16)19(24)28-12-17-21-18(22-29-17)13-5-3-2-4-6-13/h2-8,11,20H,9-10,12H2,1H3. The van der Waals surface area contributed by atoms with Crippen molar-refractivity contribution in [1.82, 2.24) is 10.1 Å². The van der Waals surface area contributed by atoms with E-state index in [0.717, 1.165) is 11.6 Å². The average molecular weight is 398 g/mol. The maximum Gasteiger partial charge on any atom is 0.341 e. The van der Waals surface area contributed by atoms with E-state index in [9.17, 15) is 14.9 Å². The summed E-state index contributed by atoms with van der Waals surface area (Å²) in [6.07, 6.45) is 0. The second-order valence-electron chi connectivity index (χ2n) is 5.86. The molecule has 10 heteroatoms. The molecular formula is C19H18N4O6. The molecular weight excluding hydrogens is 380 g/mol. The van der Waals surface area contributed by atoms with Crippen LogP contribution in [0.3, 0.4) is 0 Å². The molecule has 29 heavy (non-hydrogen) atoms. The third-order valence-electron chi connectivity index (χ3n) is 3.88. The van der Waals surface area contributed by atoms with Crippen molar-refractivity contribution in [3.63, 3.8) is 0 Å². The minimum atomic E-state index is -0.756. The van der Waals surface area contributed by atoms with Gasteiger partial charge in [-0.2, -0.15) is 4.98 Å². The zero-order valence-electron chi connectivity index (χ0n) is 15.5. The monoisotopic (exact) mass is 398 g/mol. The Morgan fingerprint density at radius 2 is 2.03 bits per heavy atom. The van der Waals surface area contributed by atoms with Crippen molar-refractivity contribution in [3.8, 4) is 11.4 Å². The fourth-order valence-corrected chi connectivity index (χ4v) is 2.48. The predicted octanol–water partition coefficient (Wildman–Crippen LogP) is 3.06. The number of nitro groups is 1. The van der Waals surface area contributed by atoms with Crippen molar-refractivity contribution in [2.24, 2.45) is 0 Å². The molecule has 0 aliphatic rings. The highest BCUT2D eigenvalue weighted by Crippen LogP contribution is 2.23. The first-order valence-corrected chi connectivity index (χ1v) is 8.65. The minimum Gasteiger partial charge on any atom is -0.452 e. The maximum atomic E-state index is 12.5. The van der Waals surface area contributed by atoms with Crippen LogP contribution in [0.15, 0.2) is 53.1 Å². The smallest absolute Gasteiger partial charge is 0.341 e. The van der Waals surface area contributed by atoms with Gasteiger partial charge >= 0.3 is 5.97 Å². The Bertz CT molecular complexity index is 989. The maximum absolute atomic E-state index is 12.5. The summed E-state index contributed by atoms with van der Waals surface area (Å²) in [6, 6.07) is 13.1. The molecule has 0 fully saturated rings. The summed E-state index contributed by atoms with van der Waals surface area (Å²) in [5.41, 5.74) is 0.960. The summed E-state index contributed by atoms with van der Waals surface area (Å²) in [6.45, 7) is 0.549. The normalized spacial score (nSPS) is 10.5. The number of methoxy groups -OCH3 is 1. The Morgan fingerprint density at radius 1 is 1.24 bits per heavy atom. The van der Waals surface area contributed by atoms with Crippen LogP contribution >= 0.6 is 0 Å². The minimum absolute atomic E-state index is 0.0260. The van der Waals surface area contributed by atoms with Crippen LogP contribution in [0.2, 0.25) is 0 Å². The predicted molar refractivity (Wildman–Crippen MR) is 102 cm³/mol. The second-order valence-corrected chi connectivity index (χ2v) is 5.86. The molecule has 1 heterocycles. The van der Waals surface area contributed by atoms with Gasteiger partial charge in [-0.1, -0.05) is 35.5 Å². The summed E-state index contributed by atoms with van der Waals surface area (Å²) in [7, 11) is 1.54. The summed E-state index contributed by atoms with van der Waals surface area (Å²) < 4.78 is 15.3. The number of ether oxygens (including phenoxy) is 2. The zero-order valence-corrected chi connectivity index (χ0v) is 15.5. The van der Waals surface area contributed by atoms with Gasteiger partial charge in [-0.3, -0.25) is 10.1 Å². The van der Waals surface area contributed by atoms with Crippen molar-refractivity contribution in [1.29, 1.82) is 0 Å². The molecule has 0 unspecified atom stereocenters. The van der Waals surface area contributed by atoms with Crippen molar-refractivity contribution in [3.05, 3.63) is 70.1 Å². The molecule has 3 aromatic rings. The van der Waals surface area contributed by atoms with Crippen LogP contribution in [0.4, 0.5) is 11.4 Å². The summed E-state index contributed by atoms with van der Waals surface area (Å²) in [4.78, 5) is 27.2. The highest BCUT2D eigenvalue weighted by molar-refractivity contribution is 5.96. The molecule has 0 spiro atoms. The summed E-state index contributed by atoms with van der Waals surface area (Å²) >= 11 is 0. The Kier molecular flexibility index (Phi) is 6.48. The molecule has 1 aromatic heterocycles. The van der Waals surface area contributed by atoms with Crippen LogP contribution < -0.4 is 5.32 Å². The number of benzene rings is 2. The van der Waals surface area contributed by atoms with E-state index in [4.69, 9.17) is 14.0 Å². The molecule has 0 bridgehead atoms. The largest absolute Gasteiger partial charge is 0.452 e. The van der Waals surface area contributed by atoms with Gasteiger partial charge in [0.2, 0.25) is 5.82 Å². The second kappa shape index (κ2) is 9.42. The van der Waals surface area contributed by atoms with Gasteiger partial charge in [-0.15, -0.1) is 0 Å². The van der Waals surface area contributed by atoms with Gasteiger partial charge in [0.1, 0.15) is 0 Å². The first-order valence-electron chi connectivity index (χ1n) is 8.65. The van der Waals surface area contributed by atoms with E-state index in [2.05, 4.69) is 15.5 Å². The van der Waals surface area contributed by atoms with Crippen LogP contribution in [0.1, 0.15) is 16.2 Å². The fraction of sp³-hybridized carbons (Fsp3) is 0.211. The van der Waals surface area contributed by atoms with Crippen molar-refractivity contribution in [2.75, 3.05) is 25.6 Å². The number of non-ortho nitro benzene ring substituents is 1. The average Bonchev–Trinajstić information content (AvgIpc) is 3.22. The van der Waals surface area contributed by atoms with Gasteiger partial charge in [0.15, 0.2) is 6.61 Å². The SMILES string of the molecule is COCCNc1ccc([N+](=O)[O-])cc1C(=O)OCc1nc(-c2ccccc2)no1. The topological polar surface area (TPSA) is 130 Å². The molecule has 0 aliphatic heterocycles. The Labute approximate surface area is 165 Å². The Balaban J connectivity index is 1.71. The molecule has 3 rings (SSSR count). The molecule has 150 valence electrons. The number of nitrogens with one attached hydrogen (secondary N) is 1. The van der Waals surface area contributed by atoms with Crippen LogP contribution in [0.25, 0.3) is 11.4 Å². The number of esters is 1. The van der Waals surface area contributed by atoms with E-state index >= 15 is 0 Å². The van der Waals surface area contributed by atoms with Gasteiger partial charge in [0.25, 0.3) is 11.6 Å². The number of hydrogen-bond acceptors (Lipinski definition) is 9. The number of nitrogens with zero attached hydrogens (tertiary/aromatic N) is 3.